The summed E-state index contributed by atoms with van der Waals surface area (Å²) in [5.74, 6) is 0. The van der Waals surface area contributed by atoms with Crippen molar-refractivity contribution in [3.8, 4) is 0 Å². The van der Waals surface area contributed by atoms with E-state index in [1.165, 1.54) is 0 Å². The van der Waals surface area contributed by atoms with Gasteiger partial charge in [0.25, 0.3) is 0 Å². The Morgan fingerprint density at radius 1 is 1.80 bits per heavy atom. The molecule has 0 aromatic rings. The van der Waals surface area contributed by atoms with Crippen molar-refractivity contribution >= 4 is 4.08 Å². The summed E-state index contributed by atoms with van der Waals surface area (Å²) >= 11 is 1.04. The van der Waals surface area contributed by atoms with E-state index < -0.39 is 0 Å². The zero-order chi connectivity index (χ0) is 3.58. The summed E-state index contributed by atoms with van der Waals surface area (Å²) in [5, 5.41) is 7.90. The van der Waals surface area contributed by atoms with Gasteiger partial charge in [-0.05, 0) is 0 Å². The molecule has 0 spiro atoms. The molecule has 1 radical (unpaired) electrons. The molecule has 0 aliphatic heterocycles. The Bertz CT molecular complexity index is 32.6. The van der Waals surface area contributed by atoms with Crippen LogP contribution in [0.5, 0.6) is 0 Å². The van der Waals surface area contributed by atoms with Crippen molar-refractivity contribution in [3.63, 3.8) is 0 Å². The third-order valence-corrected chi connectivity index (χ3v) is 0. The molecule has 0 saturated heterocycles. The maximum atomic E-state index is 7.90. The molecule has 0 aliphatic carbocycles. The van der Waals surface area contributed by atoms with Crippen molar-refractivity contribution in [2.24, 2.45) is 0 Å². The molecule has 3 heteroatoms. The molecule has 0 heterocycles. The van der Waals surface area contributed by atoms with E-state index in [2.05, 4.69) is 6.92 Å². The summed E-state index contributed by atoms with van der Waals surface area (Å²) in [5.41, 5.74) is 0. The molecule has 0 amide bonds. The van der Waals surface area contributed by atoms with Crippen LogP contribution in [-0.2, 0) is 52.1 Å². The Morgan fingerprint density at radius 3 is 1.80 bits per heavy atom. The van der Waals surface area contributed by atoms with Gasteiger partial charge in [-0.3, -0.25) is 0 Å². The zero-order valence-corrected chi connectivity index (χ0v) is 8.41. The third kappa shape index (κ3) is 28.0. The SMILES string of the molecule is [CH2-][C](O)=[W].[Y]. The largest absolute Gasteiger partial charge is 0 e. The number of hydrogen-bond acceptors (Lipinski definition) is 1. The monoisotopic (exact) mass is 316 g/mol. The first-order valence-corrected chi connectivity index (χ1v) is 2.25. The van der Waals surface area contributed by atoms with Crippen LogP contribution in [0.2, 0.25) is 0 Å². The Labute approximate surface area is 67.4 Å². The standard InChI is InChI=1S/C2H3O.W.Y/c1-2-3;;/h3H,1H2;;/q-1;;. The summed E-state index contributed by atoms with van der Waals surface area (Å²) in [4.78, 5) is 0. The summed E-state index contributed by atoms with van der Waals surface area (Å²) in [6.45, 7) is 3.15. The van der Waals surface area contributed by atoms with E-state index in [9.17, 15) is 0 Å². The number of aliphatic hydroxyl groups is 1. The minimum atomic E-state index is 0. The second-order valence-corrected chi connectivity index (χ2v) is 2.09. The maximum absolute atomic E-state index is 7.90. The second-order valence-electron chi connectivity index (χ2n) is 0.394. The number of aliphatic hydroxyl groups excluding tert-OH is 1. The van der Waals surface area contributed by atoms with Crippen molar-refractivity contribution in [2.45, 2.75) is 0 Å². The predicted octanol–water partition coefficient (Wildman–Crippen LogP) is -0.133. The Morgan fingerprint density at radius 2 is 1.80 bits per heavy atom. The van der Waals surface area contributed by atoms with Gasteiger partial charge in [0, 0.05) is 32.7 Å². The first-order chi connectivity index (χ1) is 1.73. The Kier molecular flexibility index (Phi) is 11.0. The van der Waals surface area contributed by atoms with Gasteiger partial charge in [-0.15, -0.1) is 0 Å². The van der Waals surface area contributed by atoms with Gasteiger partial charge in [-0.2, -0.15) is 0 Å². The van der Waals surface area contributed by atoms with Crippen LogP contribution in [0.4, 0.5) is 0 Å². The van der Waals surface area contributed by atoms with Crippen molar-refractivity contribution in [1.82, 2.24) is 0 Å². The molecule has 1 N–H and O–H groups in total. The van der Waals surface area contributed by atoms with Crippen molar-refractivity contribution in [1.29, 1.82) is 0 Å². The first kappa shape index (κ1) is 9.80. The zero-order valence-electron chi connectivity index (χ0n) is 2.64. The Balaban J connectivity index is 0. The van der Waals surface area contributed by atoms with E-state index in [-0.39, 0.29) is 36.8 Å². The van der Waals surface area contributed by atoms with E-state index in [0.29, 0.717) is 0 Å². The van der Waals surface area contributed by atoms with Gasteiger partial charge in [0.05, 0.1) is 0 Å². The van der Waals surface area contributed by atoms with E-state index >= 15 is 0 Å². The quantitative estimate of drug-likeness (QED) is 0.617. The predicted molar refractivity (Wildman–Crippen MR) is 12.3 cm³/mol. The van der Waals surface area contributed by atoms with E-state index in [1.54, 1.807) is 0 Å². The average Bonchev–Trinajstić information content (AvgIpc) is 0.811. The van der Waals surface area contributed by atoms with Crippen LogP contribution in [-0.4, -0.2) is 9.19 Å². The fraction of sp³-hybridized carbons (Fsp3) is 0. The van der Waals surface area contributed by atoms with Gasteiger partial charge in [0.1, 0.15) is 0 Å². The van der Waals surface area contributed by atoms with Crippen LogP contribution >= 0.6 is 0 Å². The Hall–Kier alpha value is 1.62. The molecule has 5 heavy (non-hydrogen) atoms. The van der Waals surface area contributed by atoms with Gasteiger partial charge in [-0.1, -0.05) is 0 Å². The molecule has 0 aliphatic rings. The molecule has 0 unspecified atom stereocenters. The molecule has 0 atom stereocenters. The molecule has 27 valence electrons. The number of rotatable bonds is 0. The van der Waals surface area contributed by atoms with Crippen molar-refractivity contribution in [2.75, 3.05) is 0 Å². The second kappa shape index (κ2) is 5.62. The van der Waals surface area contributed by atoms with Gasteiger partial charge < -0.3 is 0 Å². The first-order valence-electron chi connectivity index (χ1n) is 0.781. The molecule has 0 saturated carbocycles. The average molecular weight is 316 g/mol. The minimum Gasteiger partial charge on any atom is 0 e. The van der Waals surface area contributed by atoms with Crippen LogP contribution in [0, 0.1) is 6.92 Å². The summed E-state index contributed by atoms with van der Waals surface area (Å²) in [7, 11) is 0. The molecule has 0 rings (SSSR count). The van der Waals surface area contributed by atoms with Gasteiger partial charge in [-0.25, -0.2) is 0 Å². The summed E-state index contributed by atoms with van der Waals surface area (Å²) in [6, 6.07) is 0. The number of hydrogen-bond donors (Lipinski definition) is 1. The summed E-state index contributed by atoms with van der Waals surface area (Å²) in [6.07, 6.45) is 0. The van der Waals surface area contributed by atoms with E-state index in [4.69, 9.17) is 5.11 Å². The van der Waals surface area contributed by atoms with Crippen LogP contribution in [0.25, 0.3) is 0 Å². The van der Waals surface area contributed by atoms with E-state index in [1.807, 2.05) is 0 Å². The minimum absolute atomic E-state index is 0. The van der Waals surface area contributed by atoms with E-state index in [0.717, 1.165) is 19.4 Å². The fourth-order valence-corrected chi connectivity index (χ4v) is 0. The molecular formula is C2H3OWY-. The van der Waals surface area contributed by atoms with Gasteiger partial charge in [0.15, 0.2) is 0 Å². The molecule has 0 bridgehead atoms. The molecular weight excluding hydrogens is 313 g/mol. The topological polar surface area (TPSA) is 20.2 Å². The fourth-order valence-electron chi connectivity index (χ4n) is 0. The third-order valence-electron chi connectivity index (χ3n) is 0. The van der Waals surface area contributed by atoms with Crippen LogP contribution in [0.3, 0.4) is 0 Å². The van der Waals surface area contributed by atoms with Crippen LogP contribution in [0.15, 0.2) is 0 Å². The van der Waals surface area contributed by atoms with Crippen molar-refractivity contribution < 1.29 is 57.2 Å². The van der Waals surface area contributed by atoms with Crippen LogP contribution in [0.1, 0.15) is 0 Å². The smallest absolute Gasteiger partial charge is 0 e. The van der Waals surface area contributed by atoms with Crippen molar-refractivity contribution in [3.05, 3.63) is 6.92 Å². The van der Waals surface area contributed by atoms with Gasteiger partial charge in [0.2, 0.25) is 0 Å². The molecule has 0 aromatic carbocycles. The van der Waals surface area contributed by atoms with Gasteiger partial charge >= 0.3 is 35.5 Å². The molecule has 1 nitrogen and oxygen atoms in total. The molecule has 0 aromatic heterocycles. The normalized spacial score (nSPS) is 5.20. The summed E-state index contributed by atoms with van der Waals surface area (Å²) < 4.78 is 0.250. The maximum Gasteiger partial charge on any atom is 0 e. The van der Waals surface area contributed by atoms with Crippen LogP contribution < -0.4 is 0 Å². The molecule has 0 fully saturated rings.